The van der Waals surface area contributed by atoms with Crippen LogP contribution in [0.25, 0.3) is 11.3 Å². The van der Waals surface area contributed by atoms with Crippen molar-refractivity contribution in [3.63, 3.8) is 0 Å². The number of nitrogens with one attached hydrogen (secondary N) is 2. The van der Waals surface area contributed by atoms with Gasteiger partial charge in [-0.2, -0.15) is 5.10 Å². The fraction of sp³-hybridized carbons (Fsp3) is 0.240. The van der Waals surface area contributed by atoms with Gasteiger partial charge in [-0.3, -0.25) is 9.59 Å². The summed E-state index contributed by atoms with van der Waals surface area (Å²) >= 11 is 0. The Bertz CT molecular complexity index is 1210. The van der Waals surface area contributed by atoms with Crippen molar-refractivity contribution in [3.05, 3.63) is 71.8 Å². The van der Waals surface area contributed by atoms with Gasteiger partial charge in [0.05, 0.1) is 13.2 Å². The highest BCUT2D eigenvalue weighted by Crippen LogP contribution is 2.39. The zero-order chi connectivity index (χ0) is 22.8. The van der Waals surface area contributed by atoms with Gasteiger partial charge in [-0.15, -0.1) is 0 Å². The van der Waals surface area contributed by atoms with Gasteiger partial charge in [-0.05, 0) is 37.1 Å². The van der Waals surface area contributed by atoms with Gasteiger partial charge >= 0.3 is 0 Å². The number of para-hydroxylation sites is 1. The molecule has 0 radical (unpaired) electrons. The molecule has 1 atom stereocenters. The predicted octanol–water partition coefficient (Wildman–Crippen LogP) is 4.13. The largest absolute Gasteiger partial charge is 0.496 e. The number of methoxy groups -OCH3 is 1. The van der Waals surface area contributed by atoms with Crippen LogP contribution >= 0.6 is 0 Å². The molecule has 4 N–H and O–H groups in total. The fourth-order valence-corrected chi connectivity index (χ4v) is 4.05. The molecule has 0 aliphatic carbocycles. The third-order valence-electron chi connectivity index (χ3n) is 5.61. The van der Waals surface area contributed by atoms with Crippen LogP contribution in [0.1, 0.15) is 41.4 Å². The zero-order valence-electron chi connectivity index (χ0n) is 18.0. The third kappa shape index (κ3) is 4.32. The minimum atomic E-state index is -0.567. The second kappa shape index (κ2) is 9.60. The van der Waals surface area contributed by atoms with Crippen LogP contribution in [0.4, 0.5) is 11.5 Å². The molecule has 0 fully saturated rings. The lowest BCUT2D eigenvalue weighted by atomic mass is 9.99. The molecule has 33 heavy (non-hydrogen) atoms. The summed E-state index contributed by atoms with van der Waals surface area (Å²) in [5.74, 6) is 0.401. The Morgan fingerprint density at radius 3 is 2.76 bits per heavy atom. The molecule has 0 saturated heterocycles. The summed E-state index contributed by atoms with van der Waals surface area (Å²) in [6.45, 7) is 6.09. The molecule has 1 aliphatic heterocycles. The summed E-state index contributed by atoms with van der Waals surface area (Å²) in [5, 5.41) is 10.9. The highest BCUT2D eigenvalue weighted by molar-refractivity contribution is 6.04. The summed E-state index contributed by atoms with van der Waals surface area (Å²) in [6, 6.07) is 13.0. The number of aromatic nitrogens is 2. The van der Waals surface area contributed by atoms with E-state index in [0.29, 0.717) is 41.5 Å². The number of hydrogen-bond donors (Lipinski definition) is 3. The molecule has 4 rings (SSSR count). The molecule has 2 amide bonds. The summed E-state index contributed by atoms with van der Waals surface area (Å²) in [4.78, 5) is 24.4. The van der Waals surface area contributed by atoms with E-state index in [-0.39, 0.29) is 19.4 Å². The van der Waals surface area contributed by atoms with Crippen LogP contribution in [-0.2, 0) is 4.79 Å². The molecule has 3 aromatic rings. The van der Waals surface area contributed by atoms with Gasteiger partial charge in [-0.1, -0.05) is 44.3 Å². The average Bonchev–Trinajstić information content (AvgIpc) is 3.20. The number of carbonyl (C=O) groups excluding carboxylic acids is 2. The van der Waals surface area contributed by atoms with Gasteiger partial charge in [0.2, 0.25) is 5.91 Å². The number of amides is 2. The van der Waals surface area contributed by atoms with E-state index in [9.17, 15) is 9.59 Å². The van der Waals surface area contributed by atoms with Gasteiger partial charge in [0.25, 0.3) is 5.91 Å². The molecule has 1 unspecified atom stereocenters. The van der Waals surface area contributed by atoms with E-state index in [4.69, 9.17) is 15.6 Å². The summed E-state index contributed by atoms with van der Waals surface area (Å²) in [7, 11) is 1.60. The Labute approximate surface area is 193 Å². The maximum atomic E-state index is 12.5. The van der Waals surface area contributed by atoms with Gasteiger partial charge in [-0.25, -0.2) is 4.68 Å². The Morgan fingerprint density at radius 2 is 2.06 bits per heavy atom. The maximum absolute atomic E-state index is 12.5. The number of carbonyl (C=O) groups is 2. The second-order valence-corrected chi connectivity index (χ2v) is 7.58. The lowest BCUT2D eigenvalue weighted by Crippen LogP contribution is -2.27. The van der Waals surface area contributed by atoms with Crippen LogP contribution in [-0.4, -0.2) is 35.2 Å². The van der Waals surface area contributed by atoms with Crippen LogP contribution in [0.2, 0.25) is 0 Å². The van der Waals surface area contributed by atoms with E-state index >= 15 is 0 Å². The van der Waals surface area contributed by atoms with Crippen LogP contribution in [0.15, 0.2) is 55.1 Å². The van der Waals surface area contributed by atoms with E-state index in [2.05, 4.69) is 17.2 Å². The number of anilines is 2. The summed E-state index contributed by atoms with van der Waals surface area (Å²) in [5.41, 5.74) is 9.86. The quantitative estimate of drug-likeness (QED) is 0.492. The first kappa shape index (κ1) is 23.6. The first-order chi connectivity index (χ1) is 15.4. The number of nitrogens with two attached hydrogens (primary N) is 1. The minimum absolute atomic E-state index is 0. The molecular weight excluding hydrogens is 418 g/mol. The van der Waals surface area contributed by atoms with Crippen molar-refractivity contribution in [1.82, 2.24) is 9.78 Å². The smallest absolute Gasteiger partial charge is 0.254 e. The number of rotatable bonds is 6. The van der Waals surface area contributed by atoms with Crippen molar-refractivity contribution in [3.8, 4) is 17.0 Å². The number of fused-ring (bicyclic) bond motifs is 1. The number of hydrogen-bond acceptors (Lipinski definition) is 5. The number of primary amides is 1. The Kier molecular flexibility index (Phi) is 6.86. The Hall–Kier alpha value is -4.07. The van der Waals surface area contributed by atoms with Gasteiger partial charge in [0.1, 0.15) is 22.8 Å². The second-order valence-electron chi connectivity index (χ2n) is 7.58. The molecule has 8 heteroatoms. The number of nitrogens with zero attached hydrogens (tertiary/aromatic N) is 2. The molecule has 8 nitrogen and oxygen atoms in total. The zero-order valence-corrected chi connectivity index (χ0v) is 18.0. The Balaban J connectivity index is 0.00000306. The van der Waals surface area contributed by atoms with Gasteiger partial charge < -0.3 is 21.1 Å². The summed E-state index contributed by atoms with van der Waals surface area (Å²) < 4.78 is 7.23. The lowest BCUT2D eigenvalue weighted by molar-refractivity contribution is -0.111. The molecule has 0 spiro atoms. The number of aryl methyl sites for hydroxylation is 1. The third-order valence-corrected chi connectivity index (χ3v) is 5.61. The fourth-order valence-electron chi connectivity index (χ4n) is 4.05. The van der Waals surface area contributed by atoms with Crippen LogP contribution in [0.5, 0.6) is 5.75 Å². The van der Waals surface area contributed by atoms with Crippen LogP contribution in [0, 0.1) is 6.92 Å². The standard InChI is InChI=1S/C24H25N5O3.CH4/c1-4-20(30)27-17-8-6-5-7-16(17)18-11-12-26-24-21(23(25)31)22(28-29(18)24)15-10-9-14(2)19(13-15)32-3;/h4-10,13,18,26H,1,11-12H2,2-3H3,(H2,25,31)(H,27,30);1H4. The molecule has 0 bridgehead atoms. The topological polar surface area (TPSA) is 111 Å². The molecule has 172 valence electrons. The van der Waals surface area contributed by atoms with E-state index < -0.39 is 5.91 Å². The SMILES string of the molecule is C.C=CC(=O)Nc1ccccc1C1CCNc2c(C(N)=O)c(-c3ccc(C)c(OC)c3)nn21. The van der Waals surface area contributed by atoms with Crippen molar-refractivity contribution in [2.75, 3.05) is 24.3 Å². The molecule has 1 aromatic heterocycles. The van der Waals surface area contributed by atoms with Crippen molar-refractivity contribution >= 4 is 23.3 Å². The van der Waals surface area contributed by atoms with Crippen molar-refractivity contribution in [2.45, 2.75) is 26.8 Å². The van der Waals surface area contributed by atoms with E-state index in [1.54, 1.807) is 11.8 Å². The van der Waals surface area contributed by atoms with Gasteiger partial charge in [0, 0.05) is 23.4 Å². The normalized spacial score (nSPS) is 14.3. The van der Waals surface area contributed by atoms with Crippen LogP contribution in [0.3, 0.4) is 0 Å². The molecule has 2 aromatic carbocycles. The maximum Gasteiger partial charge on any atom is 0.254 e. The highest BCUT2D eigenvalue weighted by Gasteiger charge is 2.31. The van der Waals surface area contributed by atoms with Crippen molar-refractivity contribution in [1.29, 1.82) is 0 Å². The molecule has 0 saturated carbocycles. The summed E-state index contributed by atoms with van der Waals surface area (Å²) in [6.07, 6.45) is 1.94. The first-order valence-electron chi connectivity index (χ1n) is 10.3. The van der Waals surface area contributed by atoms with E-state index in [1.165, 1.54) is 6.08 Å². The van der Waals surface area contributed by atoms with Crippen molar-refractivity contribution < 1.29 is 14.3 Å². The minimum Gasteiger partial charge on any atom is -0.496 e. The molecule has 2 heterocycles. The molecular formula is C25H29N5O3. The molecule has 1 aliphatic rings. The number of ether oxygens (including phenoxy) is 1. The van der Waals surface area contributed by atoms with E-state index in [1.807, 2.05) is 49.4 Å². The number of benzene rings is 2. The Morgan fingerprint density at radius 1 is 1.30 bits per heavy atom. The van der Waals surface area contributed by atoms with Crippen molar-refractivity contribution in [2.24, 2.45) is 5.73 Å². The lowest BCUT2D eigenvalue weighted by Gasteiger charge is -2.28. The predicted molar refractivity (Wildman–Crippen MR) is 131 cm³/mol. The first-order valence-corrected chi connectivity index (χ1v) is 10.3. The van der Waals surface area contributed by atoms with Gasteiger partial charge in [0.15, 0.2) is 0 Å². The average molecular weight is 448 g/mol. The monoisotopic (exact) mass is 447 g/mol. The highest BCUT2D eigenvalue weighted by atomic mass is 16.5. The van der Waals surface area contributed by atoms with E-state index in [0.717, 1.165) is 16.7 Å². The van der Waals surface area contributed by atoms with Crippen LogP contribution < -0.4 is 21.1 Å².